The Morgan fingerprint density at radius 2 is 2.22 bits per heavy atom. The normalized spacial score (nSPS) is 17.4. The lowest BCUT2D eigenvalue weighted by Gasteiger charge is -2.25. The number of nitrogens with one attached hydrogen (secondary N) is 1. The molecule has 7 nitrogen and oxygen atoms in total. The van der Waals surface area contributed by atoms with E-state index in [1.165, 1.54) is 5.38 Å². The highest BCUT2D eigenvalue weighted by atomic mass is 32.2. The molecule has 1 aromatic rings. The summed E-state index contributed by atoms with van der Waals surface area (Å²) in [5, 5.41) is 12.5. The Bertz CT molecular complexity index is 592. The lowest BCUT2D eigenvalue weighted by Crippen LogP contribution is -2.49. The van der Waals surface area contributed by atoms with Crippen molar-refractivity contribution in [3.8, 4) is 0 Å². The zero-order valence-electron chi connectivity index (χ0n) is 9.12. The molecule has 9 heteroatoms. The molecule has 1 aliphatic rings. The average Bonchev–Trinajstić information content (AvgIpc) is 2.79. The van der Waals surface area contributed by atoms with Crippen molar-refractivity contribution >= 4 is 33.2 Å². The van der Waals surface area contributed by atoms with Gasteiger partial charge in [0, 0.05) is 18.5 Å². The van der Waals surface area contributed by atoms with E-state index in [4.69, 9.17) is 5.11 Å². The first-order chi connectivity index (χ1) is 8.41. The molecule has 0 radical (unpaired) electrons. The molecule has 2 N–H and O–H groups in total. The van der Waals surface area contributed by atoms with Crippen molar-refractivity contribution in [2.45, 2.75) is 4.21 Å². The van der Waals surface area contributed by atoms with Gasteiger partial charge in [0.05, 0.1) is 12.1 Å². The monoisotopic (exact) mass is 290 g/mol. The molecule has 0 spiro atoms. The summed E-state index contributed by atoms with van der Waals surface area (Å²) >= 11 is 0.838. The molecule has 0 saturated carbocycles. The first kappa shape index (κ1) is 13.0. The molecule has 0 bridgehead atoms. The van der Waals surface area contributed by atoms with Crippen molar-refractivity contribution in [3.05, 3.63) is 17.0 Å². The summed E-state index contributed by atoms with van der Waals surface area (Å²) in [6.07, 6.45) is 0. The molecular weight excluding hydrogens is 280 g/mol. The lowest BCUT2D eigenvalue weighted by molar-refractivity contribution is -0.122. The van der Waals surface area contributed by atoms with Gasteiger partial charge in [-0.3, -0.25) is 4.79 Å². The number of nitrogens with zero attached hydrogens (tertiary/aromatic N) is 1. The van der Waals surface area contributed by atoms with Gasteiger partial charge in [0.2, 0.25) is 5.91 Å². The van der Waals surface area contributed by atoms with Gasteiger partial charge in [-0.1, -0.05) is 0 Å². The third-order valence-corrected chi connectivity index (χ3v) is 5.68. The van der Waals surface area contributed by atoms with E-state index in [0.29, 0.717) is 0 Å². The minimum atomic E-state index is -3.78. The predicted molar refractivity (Wildman–Crippen MR) is 63.0 cm³/mol. The first-order valence-electron chi connectivity index (χ1n) is 5.00. The Morgan fingerprint density at radius 1 is 1.50 bits per heavy atom. The Hall–Kier alpha value is -1.45. The van der Waals surface area contributed by atoms with Crippen molar-refractivity contribution in [1.82, 2.24) is 9.62 Å². The van der Waals surface area contributed by atoms with Crippen molar-refractivity contribution in [3.63, 3.8) is 0 Å². The van der Waals surface area contributed by atoms with Gasteiger partial charge in [-0.05, 0) is 6.07 Å². The van der Waals surface area contributed by atoms with E-state index < -0.39 is 16.0 Å². The third-order valence-electron chi connectivity index (χ3n) is 2.42. The Kier molecular flexibility index (Phi) is 3.37. The number of carboxylic acids is 1. The van der Waals surface area contributed by atoms with E-state index in [9.17, 15) is 18.0 Å². The molecule has 1 saturated heterocycles. The fraction of sp³-hybridized carbons (Fsp3) is 0.333. The van der Waals surface area contributed by atoms with Crippen molar-refractivity contribution in [2.24, 2.45) is 0 Å². The number of piperazine rings is 1. The molecule has 2 rings (SSSR count). The molecule has 0 unspecified atom stereocenters. The van der Waals surface area contributed by atoms with Crippen LogP contribution in [0.25, 0.3) is 0 Å². The molecule has 1 amide bonds. The summed E-state index contributed by atoms with van der Waals surface area (Å²) in [6.45, 7) is 0.215. The fourth-order valence-electron chi connectivity index (χ4n) is 1.51. The Morgan fingerprint density at radius 3 is 2.78 bits per heavy atom. The quantitative estimate of drug-likeness (QED) is 0.786. The smallest absolute Gasteiger partial charge is 0.336 e. The van der Waals surface area contributed by atoms with E-state index in [2.05, 4.69) is 5.32 Å². The largest absolute Gasteiger partial charge is 0.478 e. The average molecular weight is 290 g/mol. The van der Waals surface area contributed by atoms with Crippen LogP contribution in [0.3, 0.4) is 0 Å². The standard InChI is InChI=1S/C9H10N2O5S2/c12-7-4-11(2-1-10-7)18(15,16)8-3-6(5-17-8)9(13)14/h3,5H,1-2,4H2,(H,10,12)(H,13,14). The van der Waals surface area contributed by atoms with Gasteiger partial charge in [-0.2, -0.15) is 4.31 Å². The van der Waals surface area contributed by atoms with Crippen LogP contribution in [0.5, 0.6) is 0 Å². The number of carboxylic acid groups (broad SMARTS) is 1. The van der Waals surface area contributed by atoms with Gasteiger partial charge in [0.25, 0.3) is 10.0 Å². The number of carbonyl (C=O) groups excluding carboxylic acids is 1. The Labute approximate surface area is 107 Å². The summed E-state index contributed by atoms with van der Waals surface area (Å²) in [5.41, 5.74) is -0.0694. The van der Waals surface area contributed by atoms with Crippen LogP contribution in [-0.4, -0.2) is 49.3 Å². The molecule has 18 heavy (non-hydrogen) atoms. The second-order valence-electron chi connectivity index (χ2n) is 3.65. The number of carbonyl (C=O) groups is 2. The number of amides is 1. The highest BCUT2D eigenvalue weighted by Crippen LogP contribution is 2.24. The number of sulfonamides is 1. The predicted octanol–water partition coefficient (Wildman–Crippen LogP) is -0.433. The van der Waals surface area contributed by atoms with Crippen molar-refractivity contribution < 1.29 is 23.1 Å². The molecule has 1 fully saturated rings. The van der Waals surface area contributed by atoms with Crippen LogP contribution in [0.4, 0.5) is 0 Å². The van der Waals surface area contributed by atoms with Crippen LogP contribution < -0.4 is 5.32 Å². The zero-order chi connectivity index (χ0) is 13.3. The Balaban J connectivity index is 2.29. The van der Waals surface area contributed by atoms with E-state index in [1.807, 2.05) is 0 Å². The van der Waals surface area contributed by atoms with Crippen molar-refractivity contribution in [1.29, 1.82) is 0 Å². The van der Waals surface area contributed by atoms with Gasteiger partial charge in [0.15, 0.2) is 0 Å². The molecule has 98 valence electrons. The van der Waals surface area contributed by atoms with Gasteiger partial charge in [0.1, 0.15) is 4.21 Å². The topological polar surface area (TPSA) is 104 Å². The second kappa shape index (κ2) is 4.67. The van der Waals surface area contributed by atoms with E-state index in [0.717, 1.165) is 21.7 Å². The van der Waals surface area contributed by atoms with E-state index >= 15 is 0 Å². The second-order valence-corrected chi connectivity index (χ2v) is 6.72. The summed E-state index contributed by atoms with van der Waals surface area (Å²) in [6, 6.07) is 1.11. The SMILES string of the molecule is O=C1CN(S(=O)(=O)c2cc(C(=O)O)cs2)CCN1. The summed E-state index contributed by atoms with van der Waals surface area (Å²) in [7, 11) is -3.78. The van der Waals surface area contributed by atoms with Crippen molar-refractivity contribution in [2.75, 3.05) is 19.6 Å². The van der Waals surface area contributed by atoms with E-state index in [-0.39, 0.29) is 35.3 Å². The van der Waals surface area contributed by atoms with Crippen LogP contribution >= 0.6 is 11.3 Å². The van der Waals surface area contributed by atoms with Gasteiger partial charge in [-0.15, -0.1) is 11.3 Å². The summed E-state index contributed by atoms with van der Waals surface area (Å²) in [5.74, 6) is -1.54. The van der Waals surface area contributed by atoms with Crippen LogP contribution in [-0.2, 0) is 14.8 Å². The van der Waals surface area contributed by atoms with Crippen LogP contribution in [0.2, 0.25) is 0 Å². The number of rotatable bonds is 3. The molecular formula is C9H10N2O5S2. The number of hydrogen-bond acceptors (Lipinski definition) is 5. The number of thiophene rings is 1. The minimum Gasteiger partial charge on any atom is -0.478 e. The number of aromatic carboxylic acids is 1. The maximum Gasteiger partial charge on any atom is 0.336 e. The maximum absolute atomic E-state index is 12.1. The van der Waals surface area contributed by atoms with Gasteiger partial charge >= 0.3 is 5.97 Å². The van der Waals surface area contributed by atoms with Gasteiger partial charge < -0.3 is 10.4 Å². The lowest BCUT2D eigenvalue weighted by atomic mass is 10.4. The van der Waals surface area contributed by atoms with Crippen LogP contribution in [0.15, 0.2) is 15.7 Å². The fourth-order valence-corrected chi connectivity index (χ4v) is 4.21. The highest BCUT2D eigenvalue weighted by molar-refractivity contribution is 7.91. The zero-order valence-corrected chi connectivity index (χ0v) is 10.8. The molecule has 1 aromatic heterocycles. The molecule has 0 aliphatic carbocycles. The number of hydrogen-bond donors (Lipinski definition) is 2. The van der Waals surface area contributed by atoms with E-state index in [1.54, 1.807) is 0 Å². The minimum absolute atomic E-state index is 0.0606. The summed E-state index contributed by atoms with van der Waals surface area (Å²) < 4.78 is 25.2. The molecule has 1 aliphatic heterocycles. The third kappa shape index (κ3) is 2.37. The summed E-state index contributed by atoms with van der Waals surface area (Å²) in [4.78, 5) is 21.9. The molecule has 0 atom stereocenters. The highest BCUT2D eigenvalue weighted by Gasteiger charge is 2.30. The van der Waals surface area contributed by atoms with Gasteiger partial charge in [-0.25, -0.2) is 13.2 Å². The van der Waals surface area contributed by atoms with Crippen LogP contribution in [0.1, 0.15) is 10.4 Å². The maximum atomic E-state index is 12.1. The molecule has 2 heterocycles. The first-order valence-corrected chi connectivity index (χ1v) is 7.32. The van der Waals surface area contributed by atoms with Crippen LogP contribution in [0, 0.1) is 0 Å². The molecule has 0 aromatic carbocycles.